The molecule has 0 radical (unpaired) electrons. The van der Waals surface area contributed by atoms with Crippen LogP contribution in [0.25, 0.3) is 0 Å². The molecule has 1 aromatic heterocycles. The first-order chi connectivity index (χ1) is 12.2. The molecule has 0 saturated heterocycles. The molecule has 0 spiro atoms. The van der Waals surface area contributed by atoms with Gasteiger partial charge in [0.25, 0.3) is 0 Å². The number of esters is 1. The molecule has 0 bridgehead atoms. The molecule has 128 valence electrons. The number of pyridine rings is 1. The zero-order chi connectivity index (χ0) is 17.9. The second kappa shape index (κ2) is 9.73. The van der Waals surface area contributed by atoms with E-state index in [1.807, 2.05) is 30.3 Å². The molecular formula is C19H18N2O4. The number of alkyl carbamates (subject to hydrolysis) is 1. The van der Waals surface area contributed by atoms with Crippen LogP contribution >= 0.6 is 0 Å². The molecule has 0 aliphatic heterocycles. The molecule has 6 heteroatoms. The van der Waals surface area contributed by atoms with Crippen LogP contribution in [-0.2, 0) is 16.1 Å². The highest BCUT2D eigenvalue weighted by molar-refractivity contribution is 5.89. The van der Waals surface area contributed by atoms with E-state index in [1.54, 1.807) is 12.1 Å². The van der Waals surface area contributed by atoms with Gasteiger partial charge in [0.05, 0.1) is 12.7 Å². The zero-order valence-electron chi connectivity index (χ0n) is 13.8. The minimum Gasteiger partial charge on any atom is -0.464 e. The van der Waals surface area contributed by atoms with E-state index >= 15 is 0 Å². The van der Waals surface area contributed by atoms with Gasteiger partial charge in [0.2, 0.25) is 0 Å². The van der Waals surface area contributed by atoms with Crippen LogP contribution in [0.5, 0.6) is 0 Å². The molecule has 1 amide bonds. The van der Waals surface area contributed by atoms with E-state index in [9.17, 15) is 9.59 Å². The van der Waals surface area contributed by atoms with E-state index in [0.717, 1.165) is 5.56 Å². The molecule has 0 fully saturated rings. The lowest BCUT2D eigenvalue weighted by Gasteiger charge is -2.05. The monoisotopic (exact) mass is 338 g/mol. The number of hydrogen-bond donors (Lipinski definition) is 1. The standard InChI is InChI=1S/C19H18N2O4/c1-24-18(22)17-16(11-7-13-20-17)10-5-6-12-21-19(23)25-14-15-8-3-2-4-9-15/h2-4,7-9,11,13H,6,12,14H2,1H3,(H,21,23). The Bertz CT molecular complexity index is 779. The summed E-state index contributed by atoms with van der Waals surface area (Å²) < 4.78 is 9.75. The number of benzene rings is 1. The number of carbonyl (C=O) groups is 2. The highest BCUT2D eigenvalue weighted by Gasteiger charge is 2.10. The van der Waals surface area contributed by atoms with Crippen LogP contribution in [0.4, 0.5) is 4.79 Å². The molecule has 2 rings (SSSR count). The van der Waals surface area contributed by atoms with Crippen LogP contribution in [0.2, 0.25) is 0 Å². The first kappa shape index (κ1) is 18.0. The van der Waals surface area contributed by atoms with Crippen molar-refractivity contribution in [2.75, 3.05) is 13.7 Å². The van der Waals surface area contributed by atoms with Crippen LogP contribution in [0, 0.1) is 11.8 Å². The third kappa shape index (κ3) is 5.99. The fourth-order valence-corrected chi connectivity index (χ4v) is 1.92. The fraction of sp³-hybridized carbons (Fsp3) is 0.211. The summed E-state index contributed by atoms with van der Waals surface area (Å²) in [6.45, 7) is 0.560. The number of rotatable bonds is 5. The van der Waals surface area contributed by atoms with Gasteiger partial charge in [-0.2, -0.15) is 0 Å². The summed E-state index contributed by atoms with van der Waals surface area (Å²) in [5.74, 6) is 5.20. The quantitative estimate of drug-likeness (QED) is 0.515. The van der Waals surface area contributed by atoms with Gasteiger partial charge >= 0.3 is 12.1 Å². The molecule has 6 nitrogen and oxygen atoms in total. The van der Waals surface area contributed by atoms with Gasteiger partial charge < -0.3 is 14.8 Å². The van der Waals surface area contributed by atoms with E-state index in [4.69, 9.17) is 4.74 Å². The molecule has 0 atom stereocenters. The molecule has 0 aliphatic carbocycles. The average Bonchev–Trinajstić information content (AvgIpc) is 2.66. The van der Waals surface area contributed by atoms with Crippen LogP contribution in [0.15, 0.2) is 48.7 Å². The fourth-order valence-electron chi connectivity index (χ4n) is 1.92. The van der Waals surface area contributed by atoms with E-state index < -0.39 is 12.1 Å². The third-order valence-electron chi connectivity index (χ3n) is 3.14. The Morgan fingerprint density at radius 2 is 1.96 bits per heavy atom. The van der Waals surface area contributed by atoms with Gasteiger partial charge in [0.1, 0.15) is 6.61 Å². The number of methoxy groups -OCH3 is 1. The summed E-state index contributed by atoms with van der Waals surface area (Å²) in [5.41, 5.74) is 1.58. The second-order valence-corrected chi connectivity index (χ2v) is 4.93. The SMILES string of the molecule is COC(=O)c1ncccc1C#CCCNC(=O)OCc1ccccc1. The van der Waals surface area contributed by atoms with Gasteiger partial charge in [0, 0.05) is 19.2 Å². The second-order valence-electron chi connectivity index (χ2n) is 4.93. The number of ether oxygens (including phenoxy) is 2. The van der Waals surface area contributed by atoms with Crippen molar-refractivity contribution in [2.24, 2.45) is 0 Å². The zero-order valence-corrected chi connectivity index (χ0v) is 13.8. The van der Waals surface area contributed by atoms with Gasteiger partial charge in [-0.1, -0.05) is 42.2 Å². The molecule has 1 aromatic carbocycles. The van der Waals surface area contributed by atoms with Crippen molar-refractivity contribution in [1.82, 2.24) is 10.3 Å². The minimum absolute atomic E-state index is 0.174. The Kier molecular flexibility index (Phi) is 7.01. The highest BCUT2D eigenvalue weighted by Crippen LogP contribution is 2.05. The molecule has 1 heterocycles. The van der Waals surface area contributed by atoms with Gasteiger partial charge in [-0.3, -0.25) is 0 Å². The van der Waals surface area contributed by atoms with Crippen LogP contribution in [-0.4, -0.2) is 30.7 Å². The lowest BCUT2D eigenvalue weighted by molar-refractivity contribution is 0.0593. The molecule has 0 aliphatic rings. The molecule has 1 N–H and O–H groups in total. The first-order valence-corrected chi connectivity index (χ1v) is 7.67. The van der Waals surface area contributed by atoms with Crippen LogP contribution < -0.4 is 5.32 Å². The molecule has 0 saturated carbocycles. The van der Waals surface area contributed by atoms with Crippen molar-refractivity contribution in [3.63, 3.8) is 0 Å². The van der Waals surface area contributed by atoms with Gasteiger partial charge in [0.15, 0.2) is 5.69 Å². The van der Waals surface area contributed by atoms with Gasteiger partial charge in [-0.25, -0.2) is 14.6 Å². The maximum Gasteiger partial charge on any atom is 0.407 e. The minimum atomic E-state index is -0.535. The van der Waals surface area contributed by atoms with Crippen molar-refractivity contribution in [3.8, 4) is 11.8 Å². The van der Waals surface area contributed by atoms with E-state index in [-0.39, 0.29) is 12.3 Å². The number of hydrogen-bond acceptors (Lipinski definition) is 5. The van der Waals surface area contributed by atoms with Crippen molar-refractivity contribution in [2.45, 2.75) is 13.0 Å². The van der Waals surface area contributed by atoms with Crippen molar-refractivity contribution in [3.05, 3.63) is 65.5 Å². The Morgan fingerprint density at radius 1 is 1.16 bits per heavy atom. The summed E-state index contributed by atoms with van der Waals surface area (Å²) in [5, 5.41) is 2.62. The van der Waals surface area contributed by atoms with Gasteiger partial charge in [-0.15, -0.1) is 0 Å². The summed E-state index contributed by atoms with van der Waals surface area (Å²) in [7, 11) is 1.29. The number of amides is 1. The predicted octanol–water partition coefficient (Wildman–Crippen LogP) is 2.54. The smallest absolute Gasteiger partial charge is 0.407 e. The van der Waals surface area contributed by atoms with E-state index in [0.29, 0.717) is 18.5 Å². The largest absolute Gasteiger partial charge is 0.464 e. The van der Waals surface area contributed by atoms with Crippen LogP contribution in [0.1, 0.15) is 28.0 Å². The first-order valence-electron chi connectivity index (χ1n) is 7.67. The molecular weight excluding hydrogens is 320 g/mol. The normalized spacial score (nSPS) is 9.48. The summed E-state index contributed by atoms with van der Waals surface area (Å²) >= 11 is 0. The van der Waals surface area contributed by atoms with Crippen molar-refractivity contribution in [1.29, 1.82) is 0 Å². The summed E-state index contributed by atoms with van der Waals surface area (Å²) in [4.78, 5) is 27.1. The lowest BCUT2D eigenvalue weighted by atomic mass is 10.2. The molecule has 25 heavy (non-hydrogen) atoms. The van der Waals surface area contributed by atoms with E-state index in [1.165, 1.54) is 13.3 Å². The number of aromatic nitrogens is 1. The predicted molar refractivity (Wildman–Crippen MR) is 91.7 cm³/mol. The topological polar surface area (TPSA) is 77.5 Å². The average molecular weight is 338 g/mol. The van der Waals surface area contributed by atoms with Crippen LogP contribution in [0.3, 0.4) is 0 Å². The summed E-state index contributed by atoms with van der Waals surface area (Å²) in [6, 6.07) is 12.8. The number of nitrogens with zero attached hydrogens (tertiary/aromatic N) is 1. The number of nitrogens with one attached hydrogen (secondary N) is 1. The summed E-state index contributed by atoms with van der Waals surface area (Å²) in [6.07, 6.45) is 1.42. The lowest BCUT2D eigenvalue weighted by Crippen LogP contribution is -2.24. The maximum atomic E-state index is 11.6. The maximum absolute atomic E-state index is 11.6. The Hall–Kier alpha value is -3.33. The van der Waals surface area contributed by atoms with Crippen molar-refractivity contribution >= 4 is 12.1 Å². The number of carbonyl (C=O) groups excluding carboxylic acids is 2. The third-order valence-corrected chi connectivity index (χ3v) is 3.14. The Labute approximate surface area is 146 Å². The Morgan fingerprint density at radius 3 is 2.72 bits per heavy atom. The Balaban J connectivity index is 1.76. The van der Waals surface area contributed by atoms with E-state index in [2.05, 4.69) is 26.9 Å². The van der Waals surface area contributed by atoms with Gasteiger partial charge in [-0.05, 0) is 17.7 Å². The van der Waals surface area contributed by atoms with Crippen molar-refractivity contribution < 1.29 is 19.1 Å². The molecule has 0 unspecified atom stereocenters. The highest BCUT2D eigenvalue weighted by atomic mass is 16.5. The molecule has 2 aromatic rings.